The average molecular weight is 362 g/mol. The lowest BCUT2D eigenvalue weighted by Gasteiger charge is -2.17. The minimum Gasteiger partial charge on any atom is -0.472 e. The molecule has 0 saturated carbocycles. The quantitative estimate of drug-likeness (QED) is 0.839. The number of aromatic nitrogens is 2. The molecule has 3 heterocycles. The van der Waals surface area contributed by atoms with E-state index >= 15 is 0 Å². The zero-order valence-corrected chi connectivity index (χ0v) is 13.6. The first-order valence-corrected chi connectivity index (χ1v) is 7.95. The van der Waals surface area contributed by atoms with Crippen LogP contribution in [-0.2, 0) is 11.2 Å². The molecule has 5 nitrogen and oxygen atoms in total. The molecule has 0 radical (unpaired) electrons. The Hall–Kier alpha value is -1.95. The number of nitrogens with zero attached hydrogens (tertiary/aromatic N) is 3. The van der Waals surface area contributed by atoms with Gasteiger partial charge in [-0.3, -0.25) is 9.78 Å². The highest BCUT2D eigenvalue weighted by atomic mass is 79.9. The molecule has 1 amide bonds. The van der Waals surface area contributed by atoms with E-state index in [1.165, 1.54) is 0 Å². The van der Waals surface area contributed by atoms with E-state index in [0.29, 0.717) is 18.8 Å². The van der Waals surface area contributed by atoms with E-state index in [1.54, 1.807) is 18.6 Å². The van der Waals surface area contributed by atoms with Gasteiger partial charge in [0.15, 0.2) is 0 Å². The number of rotatable bonds is 4. The molecule has 2 aromatic rings. The molecule has 2 aromatic heterocycles. The van der Waals surface area contributed by atoms with Gasteiger partial charge >= 0.3 is 0 Å². The molecular weight excluding hydrogens is 346 g/mol. The summed E-state index contributed by atoms with van der Waals surface area (Å²) in [4.78, 5) is 22.4. The zero-order chi connectivity index (χ0) is 15.4. The predicted molar refractivity (Wildman–Crippen MR) is 85.5 cm³/mol. The summed E-state index contributed by atoms with van der Waals surface area (Å²) in [6.07, 6.45) is 6.36. The van der Waals surface area contributed by atoms with Crippen molar-refractivity contribution in [2.24, 2.45) is 0 Å². The maximum atomic E-state index is 12.3. The summed E-state index contributed by atoms with van der Waals surface area (Å²) in [5, 5.41) is 0. The first kappa shape index (κ1) is 15.0. The fourth-order valence-electron chi connectivity index (χ4n) is 2.44. The van der Waals surface area contributed by atoms with Crippen molar-refractivity contribution in [2.45, 2.75) is 18.9 Å². The third kappa shape index (κ3) is 3.82. The summed E-state index contributed by atoms with van der Waals surface area (Å²) in [5.41, 5.74) is 0.937. The normalized spacial score (nSPS) is 17.5. The Morgan fingerprint density at radius 2 is 2.27 bits per heavy atom. The van der Waals surface area contributed by atoms with Crippen molar-refractivity contribution in [1.29, 1.82) is 0 Å². The molecule has 6 heteroatoms. The Morgan fingerprint density at radius 3 is 3.00 bits per heavy atom. The van der Waals surface area contributed by atoms with Crippen molar-refractivity contribution >= 4 is 21.8 Å². The van der Waals surface area contributed by atoms with Gasteiger partial charge in [0.1, 0.15) is 6.10 Å². The van der Waals surface area contributed by atoms with Crippen molar-refractivity contribution in [3.8, 4) is 5.88 Å². The topological polar surface area (TPSA) is 55.3 Å². The van der Waals surface area contributed by atoms with Gasteiger partial charge < -0.3 is 9.64 Å². The van der Waals surface area contributed by atoms with Gasteiger partial charge in [-0.15, -0.1) is 0 Å². The summed E-state index contributed by atoms with van der Waals surface area (Å²) in [6, 6.07) is 7.48. The number of carbonyl (C=O) groups is 1. The maximum Gasteiger partial charge on any atom is 0.227 e. The van der Waals surface area contributed by atoms with Crippen LogP contribution in [0, 0.1) is 0 Å². The first-order valence-electron chi connectivity index (χ1n) is 7.15. The van der Waals surface area contributed by atoms with Crippen LogP contribution in [0.3, 0.4) is 0 Å². The average Bonchev–Trinajstić information content (AvgIpc) is 2.99. The summed E-state index contributed by atoms with van der Waals surface area (Å²) < 4.78 is 6.74. The molecule has 0 aliphatic carbocycles. The molecule has 0 aromatic carbocycles. The van der Waals surface area contributed by atoms with Crippen molar-refractivity contribution in [3.05, 3.63) is 52.9 Å². The second kappa shape index (κ2) is 6.87. The minimum atomic E-state index is 0.00604. The fourth-order valence-corrected chi connectivity index (χ4v) is 2.68. The van der Waals surface area contributed by atoms with Gasteiger partial charge in [0.25, 0.3) is 0 Å². The number of pyridine rings is 2. The van der Waals surface area contributed by atoms with Gasteiger partial charge in [0.2, 0.25) is 11.8 Å². The van der Waals surface area contributed by atoms with Crippen molar-refractivity contribution in [3.63, 3.8) is 0 Å². The second-order valence-electron chi connectivity index (χ2n) is 5.22. The molecule has 3 rings (SSSR count). The van der Waals surface area contributed by atoms with Gasteiger partial charge in [0, 0.05) is 42.1 Å². The number of hydrogen-bond acceptors (Lipinski definition) is 4. The molecule has 1 saturated heterocycles. The Morgan fingerprint density at radius 1 is 1.36 bits per heavy atom. The second-order valence-corrected chi connectivity index (χ2v) is 6.14. The van der Waals surface area contributed by atoms with Crippen LogP contribution in [0.1, 0.15) is 12.0 Å². The first-order chi connectivity index (χ1) is 10.7. The van der Waals surface area contributed by atoms with E-state index in [9.17, 15) is 4.79 Å². The van der Waals surface area contributed by atoms with Gasteiger partial charge in [-0.2, -0.15) is 0 Å². The van der Waals surface area contributed by atoms with E-state index in [2.05, 4.69) is 25.9 Å². The van der Waals surface area contributed by atoms with Crippen molar-refractivity contribution in [2.75, 3.05) is 13.1 Å². The molecular formula is C16H16BrN3O2. The zero-order valence-electron chi connectivity index (χ0n) is 12.0. The monoisotopic (exact) mass is 361 g/mol. The van der Waals surface area contributed by atoms with E-state index in [1.807, 2.05) is 29.2 Å². The van der Waals surface area contributed by atoms with Crippen LogP contribution >= 0.6 is 15.9 Å². The lowest BCUT2D eigenvalue weighted by atomic mass is 10.2. The third-order valence-corrected chi connectivity index (χ3v) is 4.03. The number of halogens is 1. The Kier molecular flexibility index (Phi) is 4.68. The van der Waals surface area contributed by atoms with E-state index in [-0.39, 0.29) is 12.0 Å². The Balaban J connectivity index is 1.53. The van der Waals surface area contributed by atoms with Gasteiger partial charge in [-0.05, 0) is 33.6 Å². The Labute approximate surface area is 137 Å². The molecule has 114 valence electrons. The maximum absolute atomic E-state index is 12.3. The van der Waals surface area contributed by atoms with Crippen LogP contribution in [-0.4, -0.2) is 40.0 Å². The van der Waals surface area contributed by atoms with Crippen LogP contribution < -0.4 is 4.74 Å². The number of ether oxygens (including phenoxy) is 1. The van der Waals surface area contributed by atoms with E-state index in [4.69, 9.17) is 4.74 Å². The number of amides is 1. The summed E-state index contributed by atoms with van der Waals surface area (Å²) in [7, 11) is 0. The van der Waals surface area contributed by atoms with Gasteiger partial charge in [-0.1, -0.05) is 6.07 Å². The molecule has 1 fully saturated rings. The number of likely N-dealkylation sites (tertiary alicyclic amines) is 1. The van der Waals surface area contributed by atoms with E-state index < -0.39 is 0 Å². The number of hydrogen-bond donors (Lipinski definition) is 0. The molecule has 0 N–H and O–H groups in total. The molecule has 1 aliphatic heterocycles. The van der Waals surface area contributed by atoms with Crippen molar-refractivity contribution < 1.29 is 9.53 Å². The van der Waals surface area contributed by atoms with Gasteiger partial charge in [0.05, 0.1) is 13.0 Å². The van der Waals surface area contributed by atoms with E-state index in [0.717, 1.165) is 23.0 Å². The highest BCUT2D eigenvalue weighted by Crippen LogP contribution is 2.19. The summed E-state index contributed by atoms with van der Waals surface area (Å²) in [6.45, 7) is 1.33. The lowest BCUT2D eigenvalue weighted by Crippen LogP contribution is -2.32. The SMILES string of the molecule is O=C(Cc1cccnc1)N1CC[C@@H](Oc2ccc(Br)cn2)C1. The third-order valence-electron chi connectivity index (χ3n) is 3.56. The summed E-state index contributed by atoms with van der Waals surface area (Å²) >= 11 is 3.34. The molecule has 1 aliphatic rings. The van der Waals surface area contributed by atoms with Crippen LogP contribution in [0.5, 0.6) is 5.88 Å². The molecule has 22 heavy (non-hydrogen) atoms. The highest BCUT2D eigenvalue weighted by molar-refractivity contribution is 9.10. The van der Waals surface area contributed by atoms with Crippen LogP contribution in [0.4, 0.5) is 0 Å². The largest absolute Gasteiger partial charge is 0.472 e. The molecule has 1 atom stereocenters. The molecule has 0 unspecified atom stereocenters. The van der Waals surface area contributed by atoms with Crippen molar-refractivity contribution in [1.82, 2.24) is 14.9 Å². The van der Waals surface area contributed by atoms with Crippen LogP contribution in [0.25, 0.3) is 0 Å². The molecule has 0 spiro atoms. The molecule has 0 bridgehead atoms. The Bertz CT molecular complexity index is 634. The van der Waals surface area contributed by atoms with Gasteiger partial charge in [-0.25, -0.2) is 4.98 Å². The smallest absolute Gasteiger partial charge is 0.227 e. The minimum absolute atomic E-state index is 0.00604. The number of carbonyl (C=O) groups excluding carboxylic acids is 1. The van der Waals surface area contributed by atoms with Crippen LogP contribution in [0.2, 0.25) is 0 Å². The predicted octanol–water partition coefficient (Wildman–Crippen LogP) is 2.46. The highest BCUT2D eigenvalue weighted by Gasteiger charge is 2.27. The standard InChI is InChI=1S/C16H16BrN3O2/c17-13-3-4-15(19-10-13)22-14-5-7-20(11-14)16(21)8-12-2-1-6-18-9-12/h1-4,6,9-10,14H,5,7-8,11H2/t14-/m1/s1. The lowest BCUT2D eigenvalue weighted by molar-refractivity contribution is -0.129. The fraction of sp³-hybridized carbons (Fsp3) is 0.312. The van der Waals surface area contributed by atoms with Crippen LogP contribution in [0.15, 0.2) is 47.3 Å². The summed E-state index contributed by atoms with van der Waals surface area (Å²) in [5.74, 6) is 0.706.